The first-order valence-electron chi connectivity index (χ1n) is 5.39. The quantitative estimate of drug-likeness (QED) is 0.516. The maximum Gasteiger partial charge on any atom is 0.194 e. The summed E-state index contributed by atoms with van der Waals surface area (Å²) in [4.78, 5) is 0. The topological polar surface area (TPSA) is 38.0 Å². The zero-order valence-corrected chi connectivity index (χ0v) is 10.4. The van der Waals surface area contributed by atoms with Gasteiger partial charge in [0.05, 0.1) is 6.04 Å². The minimum Gasteiger partial charge on any atom is -0.271 e. The van der Waals surface area contributed by atoms with Crippen LogP contribution in [0.1, 0.15) is 17.2 Å². The third-order valence-corrected chi connectivity index (χ3v) is 3.07. The van der Waals surface area contributed by atoms with E-state index in [1.165, 1.54) is 0 Å². The van der Waals surface area contributed by atoms with Crippen LogP contribution in [0.15, 0.2) is 36.4 Å². The Balaban J connectivity index is 2.52. The third kappa shape index (κ3) is 2.73. The smallest absolute Gasteiger partial charge is 0.194 e. The average molecular weight is 287 g/mol. The Bertz CT molecular complexity index is 581. The van der Waals surface area contributed by atoms with Crippen LogP contribution >= 0.6 is 11.6 Å². The summed E-state index contributed by atoms with van der Waals surface area (Å²) in [6.45, 7) is 0. The van der Waals surface area contributed by atoms with E-state index in [9.17, 15) is 13.2 Å². The van der Waals surface area contributed by atoms with Crippen LogP contribution in [-0.4, -0.2) is 0 Å². The van der Waals surface area contributed by atoms with Crippen LogP contribution in [0.2, 0.25) is 5.02 Å². The van der Waals surface area contributed by atoms with Gasteiger partial charge in [0.25, 0.3) is 0 Å². The van der Waals surface area contributed by atoms with Gasteiger partial charge >= 0.3 is 0 Å². The summed E-state index contributed by atoms with van der Waals surface area (Å²) in [7, 11) is 0. The Hall–Kier alpha value is -1.56. The van der Waals surface area contributed by atoms with Crippen molar-refractivity contribution in [1.29, 1.82) is 0 Å². The number of rotatable bonds is 3. The largest absolute Gasteiger partial charge is 0.271 e. The van der Waals surface area contributed by atoms with Crippen LogP contribution in [0.4, 0.5) is 13.2 Å². The lowest BCUT2D eigenvalue weighted by Crippen LogP contribution is -2.29. The molecule has 0 aliphatic carbocycles. The van der Waals surface area contributed by atoms with E-state index in [4.69, 9.17) is 17.4 Å². The standard InChI is InChI=1S/C13H10ClF3N2/c14-9-4-2-1-3-8(9)13(19-18)7-5-10(15)12(17)11(16)6-7/h1-6,13,19H,18H2. The van der Waals surface area contributed by atoms with Crippen molar-refractivity contribution in [3.63, 3.8) is 0 Å². The molecule has 3 N–H and O–H groups in total. The summed E-state index contributed by atoms with van der Waals surface area (Å²) in [6.07, 6.45) is 0. The van der Waals surface area contributed by atoms with Crippen molar-refractivity contribution in [1.82, 2.24) is 5.43 Å². The highest BCUT2D eigenvalue weighted by Gasteiger charge is 2.19. The molecule has 0 heterocycles. The minimum atomic E-state index is -1.52. The fourth-order valence-electron chi connectivity index (χ4n) is 1.82. The molecule has 0 bridgehead atoms. The van der Waals surface area contributed by atoms with Gasteiger partial charge in [-0.05, 0) is 29.3 Å². The molecule has 100 valence electrons. The summed E-state index contributed by atoms with van der Waals surface area (Å²) < 4.78 is 39.4. The summed E-state index contributed by atoms with van der Waals surface area (Å²) in [6, 6.07) is 7.73. The molecule has 0 spiro atoms. The third-order valence-electron chi connectivity index (χ3n) is 2.72. The molecule has 0 fully saturated rings. The number of benzene rings is 2. The number of hydrogen-bond acceptors (Lipinski definition) is 2. The van der Waals surface area contributed by atoms with Crippen molar-refractivity contribution < 1.29 is 13.2 Å². The highest BCUT2D eigenvalue weighted by molar-refractivity contribution is 6.31. The molecular weight excluding hydrogens is 277 g/mol. The normalized spacial score (nSPS) is 12.5. The summed E-state index contributed by atoms with van der Waals surface area (Å²) in [5.74, 6) is 1.33. The lowest BCUT2D eigenvalue weighted by atomic mass is 9.99. The fourth-order valence-corrected chi connectivity index (χ4v) is 2.06. The maximum absolute atomic E-state index is 13.2. The average Bonchev–Trinajstić information content (AvgIpc) is 2.39. The second-order valence-electron chi connectivity index (χ2n) is 3.92. The van der Waals surface area contributed by atoms with Crippen molar-refractivity contribution in [3.8, 4) is 0 Å². The van der Waals surface area contributed by atoms with Gasteiger partial charge in [-0.25, -0.2) is 18.6 Å². The molecule has 2 aromatic rings. The van der Waals surface area contributed by atoms with Gasteiger partial charge in [-0.3, -0.25) is 5.84 Å². The second kappa shape index (κ2) is 5.61. The van der Waals surface area contributed by atoms with Gasteiger partial charge in [0, 0.05) is 5.02 Å². The fraction of sp³-hybridized carbons (Fsp3) is 0.0769. The Kier molecular flexibility index (Phi) is 4.09. The van der Waals surface area contributed by atoms with Crippen LogP contribution in [0, 0.1) is 17.5 Å². The van der Waals surface area contributed by atoms with Gasteiger partial charge in [-0.2, -0.15) is 0 Å². The SMILES string of the molecule is NNC(c1cc(F)c(F)c(F)c1)c1ccccc1Cl. The van der Waals surface area contributed by atoms with Gasteiger partial charge in [0.1, 0.15) is 0 Å². The molecule has 0 aliphatic rings. The molecule has 2 aromatic carbocycles. The van der Waals surface area contributed by atoms with Crippen molar-refractivity contribution in [2.24, 2.45) is 5.84 Å². The zero-order chi connectivity index (χ0) is 14.0. The molecule has 1 atom stereocenters. The Morgan fingerprint density at radius 3 is 2.16 bits per heavy atom. The number of halogens is 4. The first-order chi connectivity index (χ1) is 9.04. The van der Waals surface area contributed by atoms with Crippen LogP contribution in [0.25, 0.3) is 0 Å². The second-order valence-corrected chi connectivity index (χ2v) is 4.33. The van der Waals surface area contributed by atoms with Crippen LogP contribution in [-0.2, 0) is 0 Å². The molecule has 0 radical (unpaired) electrons. The molecule has 6 heteroatoms. The van der Waals surface area contributed by atoms with E-state index in [0.29, 0.717) is 10.6 Å². The van der Waals surface area contributed by atoms with Gasteiger partial charge in [-0.1, -0.05) is 29.8 Å². The van der Waals surface area contributed by atoms with E-state index < -0.39 is 23.5 Å². The molecular formula is C13H10ClF3N2. The summed E-state index contributed by atoms with van der Waals surface area (Å²) in [5, 5.41) is 0.385. The molecule has 0 saturated carbocycles. The monoisotopic (exact) mass is 286 g/mol. The van der Waals surface area contributed by atoms with Crippen molar-refractivity contribution in [3.05, 3.63) is 70.0 Å². The maximum atomic E-state index is 13.2. The molecule has 0 amide bonds. The predicted octanol–water partition coefficient (Wildman–Crippen LogP) is 3.31. The number of nitrogens with two attached hydrogens (primary N) is 1. The number of hydrazine groups is 1. The van der Waals surface area contributed by atoms with E-state index in [-0.39, 0.29) is 5.56 Å². The zero-order valence-electron chi connectivity index (χ0n) is 9.63. The van der Waals surface area contributed by atoms with E-state index in [1.54, 1.807) is 24.3 Å². The highest BCUT2D eigenvalue weighted by atomic mass is 35.5. The Morgan fingerprint density at radius 2 is 1.63 bits per heavy atom. The van der Waals surface area contributed by atoms with E-state index >= 15 is 0 Å². The molecule has 2 nitrogen and oxygen atoms in total. The lowest BCUT2D eigenvalue weighted by Gasteiger charge is -2.18. The Labute approximate surface area is 113 Å². The van der Waals surface area contributed by atoms with Gasteiger partial charge in [0.2, 0.25) is 0 Å². The number of nitrogens with one attached hydrogen (secondary N) is 1. The van der Waals surface area contributed by atoms with Gasteiger partial charge in [-0.15, -0.1) is 0 Å². The first kappa shape index (κ1) is 13.9. The van der Waals surface area contributed by atoms with Gasteiger partial charge < -0.3 is 0 Å². The van der Waals surface area contributed by atoms with E-state index in [1.807, 2.05) is 0 Å². The molecule has 2 rings (SSSR count). The Morgan fingerprint density at radius 1 is 1.05 bits per heavy atom. The van der Waals surface area contributed by atoms with Crippen molar-refractivity contribution >= 4 is 11.6 Å². The van der Waals surface area contributed by atoms with Gasteiger partial charge in [0.15, 0.2) is 17.5 Å². The van der Waals surface area contributed by atoms with E-state index in [2.05, 4.69) is 5.43 Å². The van der Waals surface area contributed by atoms with Crippen molar-refractivity contribution in [2.75, 3.05) is 0 Å². The summed E-state index contributed by atoms with van der Waals surface area (Å²) >= 11 is 6.00. The van der Waals surface area contributed by atoms with Crippen molar-refractivity contribution in [2.45, 2.75) is 6.04 Å². The van der Waals surface area contributed by atoms with Crippen LogP contribution < -0.4 is 11.3 Å². The predicted molar refractivity (Wildman–Crippen MR) is 66.9 cm³/mol. The van der Waals surface area contributed by atoms with Crippen LogP contribution in [0.5, 0.6) is 0 Å². The summed E-state index contributed by atoms with van der Waals surface area (Å²) in [5.41, 5.74) is 3.09. The van der Waals surface area contributed by atoms with E-state index in [0.717, 1.165) is 12.1 Å². The molecule has 19 heavy (non-hydrogen) atoms. The lowest BCUT2D eigenvalue weighted by molar-refractivity contribution is 0.442. The minimum absolute atomic E-state index is 0.145. The molecule has 0 saturated heterocycles. The number of hydrogen-bond donors (Lipinski definition) is 2. The van der Waals surface area contributed by atoms with Crippen LogP contribution in [0.3, 0.4) is 0 Å². The first-order valence-corrected chi connectivity index (χ1v) is 5.77. The molecule has 0 aromatic heterocycles. The molecule has 0 aliphatic heterocycles. The molecule has 1 unspecified atom stereocenters. The highest BCUT2D eigenvalue weighted by Crippen LogP contribution is 2.29.